The third-order valence-electron chi connectivity index (χ3n) is 6.38. The standard InChI is InChI=1S/C24H29N3O4S/c1-16-14-20-15-21(11-12-22(20)27(16)18(3)28)32(30,31)26-13-7-10-23(26)24(29)25-17(2)19-8-5-4-6-9-19/h4-6,8-9,11-12,15-17,23H,7,10,13-14H2,1-3H3,(H,25,29)/t16-,17-,23+/m0/s1. The molecule has 1 fully saturated rings. The molecule has 0 aliphatic carbocycles. The fourth-order valence-electron chi connectivity index (χ4n) is 4.81. The highest BCUT2D eigenvalue weighted by atomic mass is 32.2. The van der Waals surface area contributed by atoms with Crippen molar-refractivity contribution in [1.29, 1.82) is 0 Å². The van der Waals surface area contributed by atoms with E-state index in [9.17, 15) is 18.0 Å². The normalized spacial score (nSPS) is 21.9. The van der Waals surface area contributed by atoms with Gasteiger partial charge in [-0.1, -0.05) is 30.3 Å². The van der Waals surface area contributed by atoms with Crippen molar-refractivity contribution in [2.75, 3.05) is 11.4 Å². The highest BCUT2D eigenvalue weighted by Gasteiger charge is 2.40. The van der Waals surface area contributed by atoms with Crippen LogP contribution < -0.4 is 10.2 Å². The van der Waals surface area contributed by atoms with Gasteiger partial charge < -0.3 is 10.2 Å². The minimum absolute atomic E-state index is 0.00904. The van der Waals surface area contributed by atoms with Crippen LogP contribution in [0.5, 0.6) is 0 Å². The molecule has 4 rings (SSSR count). The predicted octanol–water partition coefficient (Wildman–Crippen LogP) is 3.01. The van der Waals surface area contributed by atoms with Crippen molar-refractivity contribution in [1.82, 2.24) is 9.62 Å². The third kappa shape index (κ3) is 4.04. The molecule has 1 N–H and O–H groups in total. The van der Waals surface area contributed by atoms with E-state index in [1.165, 1.54) is 11.2 Å². The van der Waals surface area contributed by atoms with E-state index in [2.05, 4.69) is 5.32 Å². The van der Waals surface area contributed by atoms with E-state index >= 15 is 0 Å². The van der Waals surface area contributed by atoms with Gasteiger partial charge in [0.05, 0.1) is 10.9 Å². The van der Waals surface area contributed by atoms with Gasteiger partial charge in [0, 0.05) is 25.2 Å². The number of benzene rings is 2. The van der Waals surface area contributed by atoms with Crippen LogP contribution in [-0.2, 0) is 26.0 Å². The number of rotatable bonds is 5. The van der Waals surface area contributed by atoms with Crippen molar-refractivity contribution in [3.63, 3.8) is 0 Å². The molecule has 0 unspecified atom stereocenters. The Labute approximate surface area is 189 Å². The molecule has 1 saturated heterocycles. The smallest absolute Gasteiger partial charge is 0.243 e. The van der Waals surface area contributed by atoms with Gasteiger partial charge in [0.25, 0.3) is 0 Å². The Morgan fingerprint density at radius 2 is 1.84 bits per heavy atom. The lowest BCUT2D eigenvalue weighted by Crippen LogP contribution is -2.46. The molecule has 2 aromatic carbocycles. The fourth-order valence-corrected chi connectivity index (χ4v) is 6.52. The number of fused-ring (bicyclic) bond motifs is 1. The van der Waals surface area contributed by atoms with Gasteiger partial charge in [-0.25, -0.2) is 8.42 Å². The summed E-state index contributed by atoms with van der Waals surface area (Å²) in [6, 6.07) is 13.6. The highest BCUT2D eigenvalue weighted by Crippen LogP contribution is 2.35. The number of amides is 2. The molecule has 0 bridgehead atoms. The molecule has 32 heavy (non-hydrogen) atoms. The Kier molecular flexibility index (Phi) is 6.09. The average Bonchev–Trinajstić information content (AvgIpc) is 3.38. The average molecular weight is 456 g/mol. The maximum Gasteiger partial charge on any atom is 0.243 e. The molecule has 2 heterocycles. The first-order valence-corrected chi connectivity index (χ1v) is 12.4. The molecule has 170 valence electrons. The maximum absolute atomic E-state index is 13.5. The van der Waals surface area contributed by atoms with Crippen LogP contribution in [0.2, 0.25) is 0 Å². The summed E-state index contributed by atoms with van der Waals surface area (Å²) >= 11 is 0. The summed E-state index contributed by atoms with van der Waals surface area (Å²) in [4.78, 5) is 26.8. The number of carbonyl (C=O) groups is 2. The van der Waals surface area contributed by atoms with Crippen molar-refractivity contribution >= 4 is 27.5 Å². The summed E-state index contributed by atoms with van der Waals surface area (Å²) in [6.45, 7) is 5.67. The summed E-state index contributed by atoms with van der Waals surface area (Å²) in [5.74, 6) is -0.337. The first kappa shape index (κ1) is 22.5. The maximum atomic E-state index is 13.5. The zero-order valence-electron chi connectivity index (χ0n) is 18.6. The zero-order chi connectivity index (χ0) is 23.0. The number of anilines is 1. The molecule has 7 nitrogen and oxygen atoms in total. The summed E-state index contributed by atoms with van der Waals surface area (Å²) in [7, 11) is -3.84. The van der Waals surface area contributed by atoms with Gasteiger partial charge in [0.1, 0.15) is 6.04 Å². The van der Waals surface area contributed by atoms with Gasteiger partial charge in [-0.05, 0) is 62.4 Å². The van der Waals surface area contributed by atoms with Crippen LogP contribution in [0.3, 0.4) is 0 Å². The monoisotopic (exact) mass is 455 g/mol. The van der Waals surface area contributed by atoms with Crippen molar-refractivity contribution in [3.8, 4) is 0 Å². The van der Waals surface area contributed by atoms with Crippen molar-refractivity contribution in [3.05, 3.63) is 59.7 Å². The van der Waals surface area contributed by atoms with Gasteiger partial charge >= 0.3 is 0 Å². The minimum Gasteiger partial charge on any atom is -0.348 e. The number of hydrogen-bond donors (Lipinski definition) is 1. The first-order valence-electron chi connectivity index (χ1n) is 11.0. The van der Waals surface area contributed by atoms with Crippen molar-refractivity contribution in [2.24, 2.45) is 0 Å². The predicted molar refractivity (Wildman–Crippen MR) is 123 cm³/mol. The van der Waals surface area contributed by atoms with Gasteiger partial charge in [-0.2, -0.15) is 4.31 Å². The third-order valence-corrected chi connectivity index (χ3v) is 8.28. The molecule has 3 atom stereocenters. The van der Waals surface area contributed by atoms with Crippen LogP contribution in [0.25, 0.3) is 0 Å². The van der Waals surface area contributed by atoms with Crippen molar-refractivity contribution < 1.29 is 18.0 Å². The van der Waals surface area contributed by atoms with Crippen LogP contribution in [0.4, 0.5) is 5.69 Å². The number of sulfonamides is 1. The van der Waals surface area contributed by atoms with E-state index in [1.54, 1.807) is 23.1 Å². The van der Waals surface area contributed by atoms with E-state index < -0.39 is 16.1 Å². The Morgan fingerprint density at radius 3 is 2.53 bits per heavy atom. The highest BCUT2D eigenvalue weighted by molar-refractivity contribution is 7.89. The van der Waals surface area contributed by atoms with Crippen LogP contribution in [0.1, 0.15) is 50.8 Å². The van der Waals surface area contributed by atoms with E-state index in [0.717, 1.165) is 16.8 Å². The molecule has 0 aromatic heterocycles. The van der Waals surface area contributed by atoms with E-state index in [0.29, 0.717) is 25.8 Å². The number of hydrogen-bond acceptors (Lipinski definition) is 4. The van der Waals surface area contributed by atoms with Gasteiger partial charge in [-0.15, -0.1) is 0 Å². The lowest BCUT2D eigenvalue weighted by molar-refractivity contribution is -0.124. The number of nitrogens with zero attached hydrogens (tertiary/aromatic N) is 2. The molecule has 2 aliphatic heterocycles. The van der Waals surface area contributed by atoms with Gasteiger partial charge in [0.2, 0.25) is 21.8 Å². The van der Waals surface area contributed by atoms with Crippen molar-refractivity contribution in [2.45, 2.75) is 63.1 Å². The SMILES string of the molecule is CC(=O)N1c2ccc(S(=O)(=O)N3CCC[C@@H]3C(=O)N[C@@H](C)c3ccccc3)cc2C[C@@H]1C. The fraction of sp³-hybridized carbons (Fsp3) is 0.417. The molecule has 0 spiro atoms. The summed E-state index contributed by atoms with van der Waals surface area (Å²) < 4.78 is 28.3. The summed E-state index contributed by atoms with van der Waals surface area (Å²) in [5, 5.41) is 2.97. The molecule has 0 radical (unpaired) electrons. The molecular formula is C24H29N3O4S. The molecule has 2 aromatic rings. The second-order valence-electron chi connectivity index (χ2n) is 8.65. The largest absolute Gasteiger partial charge is 0.348 e. The Morgan fingerprint density at radius 1 is 1.12 bits per heavy atom. The van der Waals surface area contributed by atoms with E-state index in [1.807, 2.05) is 44.2 Å². The van der Waals surface area contributed by atoms with Gasteiger partial charge in [0.15, 0.2) is 0 Å². The molecule has 8 heteroatoms. The first-order chi connectivity index (χ1) is 15.2. The zero-order valence-corrected chi connectivity index (χ0v) is 19.4. The molecule has 2 amide bonds. The summed E-state index contributed by atoms with van der Waals surface area (Å²) in [6.07, 6.45) is 1.74. The topological polar surface area (TPSA) is 86.8 Å². The van der Waals surface area contributed by atoms with E-state index in [-0.39, 0.29) is 28.8 Å². The quantitative estimate of drug-likeness (QED) is 0.751. The molecule has 0 saturated carbocycles. The van der Waals surface area contributed by atoms with Crippen LogP contribution in [0, 0.1) is 0 Å². The second kappa shape index (κ2) is 8.67. The van der Waals surface area contributed by atoms with Crippen LogP contribution in [0.15, 0.2) is 53.4 Å². The molecule has 2 aliphatic rings. The number of nitrogens with one attached hydrogen (secondary N) is 1. The summed E-state index contributed by atoms with van der Waals surface area (Å²) in [5.41, 5.74) is 2.57. The lowest BCUT2D eigenvalue weighted by Gasteiger charge is -2.25. The minimum atomic E-state index is -3.84. The Balaban J connectivity index is 1.55. The van der Waals surface area contributed by atoms with Gasteiger partial charge in [-0.3, -0.25) is 9.59 Å². The van der Waals surface area contributed by atoms with E-state index in [4.69, 9.17) is 0 Å². The number of carbonyl (C=O) groups excluding carboxylic acids is 2. The van der Waals surface area contributed by atoms with Crippen LogP contribution >= 0.6 is 0 Å². The Hall–Kier alpha value is -2.71. The Bertz CT molecular complexity index is 1130. The molecular weight excluding hydrogens is 426 g/mol. The second-order valence-corrected chi connectivity index (χ2v) is 10.5. The lowest BCUT2D eigenvalue weighted by atomic mass is 10.1. The van der Waals surface area contributed by atoms with Crippen LogP contribution in [-0.4, -0.2) is 43.2 Å².